The highest BCUT2D eigenvalue weighted by Crippen LogP contribution is 2.46. The molecule has 2 aliphatic rings. The van der Waals surface area contributed by atoms with Gasteiger partial charge in [0.1, 0.15) is 5.54 Å². The summed E-state index contributed by atoms with van der Waals surface area (Å²) in [4.78, 5) is 52.6. The molecule has 2 rings (SSSR count). The highest BCUT2D eigenvalue weighted by atomic mass is 16.4. The molecule has 0 aromatic heterocycles. The van der Waals surface area contributed by atoms with Crippen LogP contribution in [0.2, 0.25) is 0 Å². The molecule has 3 amide bonds. The Balaban J connectivity index is 2.40. The van der Waals surface area contributed by atoms with Crippen LogP contribution in [-0.2, 0) is 14.4 Å². The van der Waals surface area contributed by atoms with Crippen molar-refractivity contribution in [2.45, 2.75) is 109 Å². The first-order chi connectivity index (χ1) is 14.3. The van der Waals surface area contributed by atoms with Crippen molar-refractivity contribution < 1.29 is 29.4 Å². The minimum atomic E-state index is -2.12. The van der Waals surface area contributed by atoms with Crippen molar-refractivity contribution in [3.8, 4) is 0 Å². The molecule has 0 aromatic carbocycles. The molecule has 0 aromatic rings. The lowest BCUT2D eigenvalue weighted by molar-refractivity contribution is -0.160. The summed E-state index contributed by atoms with van der Waals surface area (Å²) in [6.45, 7) is 9.79. The van der Waals surface area contributed by atoms with Crippen LogP contribution in [0.5, 0.6) is 0 Å². The third kappa shape index (κ3) is 5.19. The van der Waals surface area contributed by atoms with Crippen LogP contribution in [0.25, 0.3) is 0 Å². The maximum atomic E-state index is 13.6. The maximum Gasteiger partial charge on any atom is 0.338 e. The lowest BCUT2D eigenvalue weighted by Gasteiger charge is -2.53. The fraction of sp³-hybridized carbons (Fsp3) is 0.818. The van der Waals surface area contributed by atoms with Gasteiger partial charge in [0.05, 0.1) is 0 Å². The van der Waals surface area contributed by atoms with E-state index in [9.17, 15) is 29.4 Å². The molecule has 2 saturated heterocycles. The van der Waals surface area contributed by atoms with Gasteiger partial charge in [-0.15, -0.1) is 0 Å². The van der Waals surface area contributed by atoms with Crippen LogP contribution in [-0.4, -0.2) is 73.1 Å². The number of imide groups is 1. The maximum absolute atomic E-state index is 13.6. The fourth-order valence-electron chi connectivity index (χ4n) is 5.54. The SMILES string of the molecule is CCCCCCCCN1C(=O)N(C(C(=O)O)C(=O)O)C2(CC(C)(C)NC(C)(C)C2)C1=O. The Morgan fingerprint density at radius 1 is 0.935 bits per heavy atom. The van der Waals surface area contributed by atoms with E-state index in [4.69, 9.17) is 0 Å². The lowest BCUT2D eigenvalue weighted by Crippen LogP contribution is -2.71. The predicted molar refractivity (Wildman–Crippen MR) is 115 cm³/mol. The van der Waals surface area contributed by atoms with Crippen molar-refractivity contribution in [1.82, 2.24) is 15.1 Å². The van der Waals surface area contributed by atoms with Crippen molar-refractivity contribution in [2.24, 2.45) is 0 Å². The molecule has 0 atom stereocenters. The highest BCUT2D eigenvalue weighted by Gasteiger charge is 2.66. The van der Waals surface area contributed by atoms with E-state index in [-0.39, 0.29) is 19.4 Å². The summed E-state index contributed by atoms with van der Waals surface area (Å²) in [5.41, 5.74) is -2.72. The topological polar surface area (TPSA) is 127 Å². The average Bonchev–Trinajstić information content (AvgIpc) is 2.77. The van der Waals surface area contributed by atoms with Gasteiger partial charge in [-0.25, -0.2) is 14.4 Å². The fourth-order valence-corrected chi connectivity index (χ4v) is 5.54. The number of unbranched alkanes of at least 4 members (excludes halogenated alkanes) is 5. The summed E-state index contributed by atoms with van der Waals surface area (Å²) in [6.07, 6.45) is 6.07. The number of amides is 3. The molecule has 0 bridgehead atoms. The van der Waals surface area contributed by atoms with Crippen LogP contribution in [0.15, 0.2) is 0 Å². The Hall–Kier alpha value is -2.16. The second-order valence-corrected chi connectivity index (χ2v) is 10.2. The van der Waals surface area contributed by atoms with E-state index < -0.39 is 46.5 Å². The zero-order valence-corrected chi connectivity index (χ0v) is 19.4. The van der Waals surface area contributed by atoms with E-state index in [1.165, 1.54) is 0 Å². The summed E-state index contributed by atoms with van der Waals surface area (Å²) in [6, 6.07) is -2.93. The molecule has 0 saturated carbocycles. The molecule has 0 radical (unpaired) electrons. The molecular formula is C22H37N3O6. The van der Waals surface area contributed by atoms with Gasteiger partial charge in [-0.3, -0.25) is 14.6 Å². The largest absolute Gasteiger partial charge is 0.479 e. The van der Waals surface area contributed by atoms with Gasteiger partial charge in [0, 0.05) is 17.6 Å². The number of carboxylic acids is 2. The Kier molecular flexibility index (Phi) is 7.40. The first-order valence-corrected chi connectivity index (χ1v) is 11.2. The van der Waals surface area contributed by atoms with E-state index in [0.717, 1.165) is 41.9 Å². The number of urea groups is 1. The molecule has 176 valence electrons. The minimum absolute atomic E-state index is 0.137. The van der Waals surface area contributed by atoms with Crippen LogP contribution >= 0.6 is 0 Å². The first-order valence-electron chi connectivity index (χ1n) is 11.2. The van der Waals surface area contributed by atoms with Gasteiger partial charge in [-0.1, -0.05) is 39.0 Å². The van der Waals surface area contributed by atoms with E-state index in [1.54, 1.807) is 0 Å². The van der Waals surface area contributed by atoms with Gasteiger partial charge in [-0.2, -0.15) is 0 Å². The Bertz CT molecular complexity index is 703. The monoisotopic (exact) mass is 439 g/mol. The zero-order chi connectivity index (χ0) is 23.6. The van der Waals surface area contributed by atoms with Crippen molar-refractivity contribution >= 4 is 23.9 Å². The molecule has 3 N–H and O–H groups in total. The summed E-state index contributed by atoms with van der Waals surface area (Å²) >= 11 is 0. The van der Waals surface area contributed by atoms with Gasteiger partial charge in [-0.05, 0) is 47.0 Å². The normalized spacial score (nSPS) is 21.9. The predicted octanol–water partition coefficient (Wildman–Crippen LogP) is 2.83. The zero-order valence-electron chi connectivity index (χ0n) is 19.4. The van der Waals surface area contributed by atoms with Crippen LogP contribution in [0.1, 0.15) is 86.0 Å². The molecule has 9 heteroatoms. The van der Waals surface area contributed by atoms with Gasteiger partial charge in [0.2, 0.25) is 6.04 Å². The van der Waals surface area contributed by atoms with Gasteiger partial charge in [0.25, 0.3) is 5.91 Å². The number of rotatable bonds is 10. The molecule has 2 aliphatic heterocycles. The van der Waals surface area contributed by atoms with Gasteiger partial charge < -0.3 is 15.5 Å². The molecule has 2 fully saturated rings. The number of carboxylic acid groups (broad SMARTS) is 2. The first kappa shape index (κ1) is 25.1. The molecule has 1 spiro atoms. The quantitative estimate of drug-likeness (QED) is 0.271. The minimum Gasteiger partial charge on any atom is -0.479 e. The molecule has 0 unspecified atom stereocenters. The number of nitrogens with one attached hydrogen (secondary N) is 1. The van der Waals surface area contributed by atoms with Crippen molar-refractivity contribution in [3.05, 3.63) is 0 Å². The third-order valence-corrected chi connectivity index (χ3v) is 6.15. The van der Waals surface area contributed by atoms with E-state index in [1.807, 2.05) is 27.7 Å². The third-order valence-electron chi connectivity index (χ3n) is 6.15. The van der Waals surface area contributed by atoms with Gasteiger partial charge in [0.15, 0.2) is 0 Å². The van der Waals surface area contributed by atoms with Crippen LogP contribution in [0, 0.1) is 0 Å². The molecule has 0 aliphatic carbocycles. The number of hydrogen-bond donors (Lipinski definition) is 3. The molecule has 9 nitrogen and oxygen atoms in total. The van der Waals surface area contributed by atoms with Crippen LogP contribution < -0.4 is 5.32 Å². The standard InChI is InChI=1S/C22H37N3O6/c1-6-7-8-9-10-11-12-24-18(30)22(13-20(2,3)23-21(4,5)14-22)25(19(24)31)15(16(26)27)17(28)29/h15,23H,6-14H2,1-5H3,(H,26,27)(H,28,29). The molecule has 31 heavy (non-hydrogen) atoms. The van der Waals surface area contributed by atoms with Crippen LogP contribution in [0.4, 0.5) is 4.79 Å². The number of carbonyl (C=O) groups excluding carboxylic acids is 2. The van der Waals surface area contributed by atoms with Crippen molar-refractivity contribution in [3.63, 3.8) is 0 Å². The van der Waals surface area contributed by atoms with E-state index >= 15 is 0 Å². The average molecular weight is 440 g/mol. The number of nitrogens with zero attached hydrogens (tertiary/aromatic N) is 2. The second-order valence-electron chi connectivity index (χ2n) is 10.2. The van der Waals surface area contributed by atoms with Crippen LogP contribution in [0.3, 0.4) is 0 Å². The second kappa shape index (κ2) is 9.14. The molecular weight excluding hydrogens is 402 g/mol. The number of aliphatic carboxylic acids is 2. The number of piperidine rings is 1. The van der Waals surface area contributed by atoms with Crippen molar-refractivity contribution in [1.29, 1.82) is 0 Å². The smallest absolute Gasteiger partial charge is 0.338 e. The summed E-state index contributed by atoms with van der Waals surface area (Å²) in [5.74, 6) is -3.78. The number of hydrogen-bond acceptors (Lipinski definition) is 5. The summed E-state index contributed by atoms with van der Waals surface area (Å²) in [7, 11) is 0. The van der Waals surface area contributed by atoms with E-state index in [0.29, 0.717) is 6.42 Å². The Labute approximate surface area is 184 Å². The highest BCUT2D eigenvalue weighted by molar-refractivity contribution is 6.12. The Morgan fingerprint density at radius 2 is 1.42 bits per heavy atom. The summed E-state index contributed by atoms with van der Waals surface area (Å²) < 4.78 is 0. The number of carbonyl (C=O) groups is 4. The molecule has 2 heterocycles. The van der Waals surface area contributed by atoms with Crippen molar-refractivity contribution in [2.75, 3.05) is 6.54 Å². The summed E-state index contributed by atoms with van der Waals surface area (Å²) in [5, 5.41) is 22.7. The van der Waals surface area contributed by atoms with Gasteiger partial charge >= 0.3 is 18.0 Å². The lowest BCUT2D eigenvalue weighted by atomic mass is 9.69. The Morgan fingerprint density at radius 3 is 1.90 bits per heavy atom. The van der Waals surface area contributed by atoms with E-state index in [2.05, 4.69) is 12.2 Å².